The molecule has 0 saturated heterocycles. The zero-order valence-electron chi connectivity index (χ0n) is 11.1. The molecule has 1 unspecified atom stereocenters. The number of rotatable bonds is 4. The van der Waals surface area contributed by atoms with E-state index in [1.54, 1.807) is 7.11 Å². The average Bonchev–Trinajstić information content (AvgIpc) is 2.80. The summed E-state index contributed by atoms with van der Waals surface area (Å²) in [5.41, 5.74) is 2.99. The van der Waals surface area contributed by atoms with Crippen LogP contribution in [0.2, 0.25) is 0 Å². The van der Waals surface area contributed by atoms with Gasteiger partial charge in [0.15, 0.2) is 0 Å². The van der Waals surface area contributed by atoms with E-state index in [-0.39, 0.29) is 6.04 Å². The van der Waals surface area contributed by atoms with Crippen molar-refractivity contribution in [1.82, 2.24) is 20.3 Å². The Morgan fingerprint density at radius 3 is 2.50 bits per heavy atom. The van der Waals surface area contributed by atoms with Crippen molar-refractivity contribution in [3.05, 3.63) is 35.7 Å². The molecule has 0 saturated carbocycles. The van der Waals surface area contributed by atoms with Crippen molar-refractivity contribution in [2.45, 2.75) is 19.9 Å². The number of aromatic nitrogens is 3. The summed E-state index contributed by atoms with van der Waals surface area (Å²) in [5, 5.41) is 11.6. The quantitative estimate of drug-likeness (QED) is 0.894. The number of methoxy groups -OCH3 is 1. The van der Waals surface area contributed by atoms with Crippen LogP contribution in [0.4, 0.5) is 0 Å². The lowest BCUT2D eigenvalue weighted by Gasteiger charge is -2.08. The van der Waals surface area contributed by atoms with Crippen molar-refractivity contribution in [2.75, 3.05) is 14.2 Å². The summed E-state index contributed by atoms with van der Waals surface area (Å²) in [4.78, 5) is 0. The molecule has 0 bridgehead atoms. The van der Waals surface area contributed by atoms with Gasteiger partial charge < -0.3 is 10.1 Å². The number of ether oxygens (including phenoxy) is 1. The summed E-state index contributed by atoms with van der Waals surface area (Å²) >= 11 is 0. The van der Waals surface area contributed by atoms with Crippen LogP contribution in [0, 0.1) is 6.92 Å². The third kappa shape index (κ3) is 2.22. The second-order valence-electron chi connectivity index (χ2n) is 4.18. The van der Waals surface area contributed by atoms with Gasteiger partial charge >= 0.3 is 0 Å². The summed E-state index contributed by atoms with van der Waals surface area (Å²) in [6, 6.07) is 7.95. The van der Waals surface area contributed by atoms with Crippen LogP contribution in [0.25, 0.3) is 5.69 Å². The van der Waals surface area contributed by atoms with Crippen LogP contribution < -0.4 is 10.1 Å². The van der Waals surface area contributed by atoms with Crippen LogP contribution in [-0.2, 0) is 0 Å². The molecule has 5 heteroatoms. The van der Waals surface area contributed by atoms with Crippen molar-refractivity contribution in [3.63, 3.8) is 0 Å². The summed E-state index contributed by atoms with van der Waals surface area (Å²) in [6.45, 7) is 4.09. The largest absolute Gasteiger partial charge is 0.497 e. The van der Waals surface area contributed by atoms with Crippen molar-refractivity contribution in [1.29, 1.82) is 0 Å². The van der Waals surface area contributed by atoms with E-state index in [2.05, 4.69) is 22.6 Å². The van der Waals surface area contributed by atoms with Gasteiger partial charge in [0, 0.05) is 0 Å². The first-order chi connectivity index (χ1) is 8.67. The molecule has 0 aliphatic rings. The van der Waals surface area contributed by atoms with Gasteiger partial charge in [-0.15, -0.1) is 5.10 Å². The van der Waals surface area contributed by atoms with Crippen molar-refractivity contribution < 1.29 is 4.74 Å². The fourth-order valence-electron chi connectivity index (χ4n) is 1.85. The number of benzene rings is 1. The van der Waals surface area contributed by atoms with E-state index >= 15 is 0 Å². The molecule has 0 fully saturated rings. The average molecular weight is 246 g/mol. The fourth-order valence-corrected chi connectivity index (χ4v) is 1.85. The molecule has 0 radical (unpaired) electrons. The second-order valence-corrected chi connectivity index (χ2v) is 4.18. The molecule has 0 aliphatic carbocycles. The molecule has 2 aromatic rings. The first-order valence-corrected chi connectivity index (χ1v) is 5.91. The smallest absolute Gasteiger partial charge is 0.119 e. The van der Waals surface area contributed by atoms with Gasteiger partial charge in [0.1, 0.15) is 11.4 Å². The summed E-state index contributed by atoms with van der Waals surface area (Å²) in [7, 11) is 3.57. The Bertz CT molecular complexity index is 518. The number of hydrogen-bond acceptors (Lipinski definition) is 4. The van der Waals surface area contributed by atoms with Crippen LogP contribution in [0.1, 0.15) is 24.4 Å². The Labute approximate surface area is 107 Å². The molecule has 1 atom stereocenters. The summed E-state index contributed by atoms with van der Waals surface area (Å²) in [5.74, 6) is 0.834. The van der Waals surface area contributed by atoms with Crippen LogP contribution in [0.15, 0.2) is 24.3 Å². The first-order valence-electron chi connectivity index (χ1n) is 5.91. The SMILES string of the molecule is CNC(C)c1nnn(-c2ccc(OC)cc2)c1C. The Hall–Kier alpha value is -1.88. The molecule has 1 aromatic heterocycles. The summed E-state index contributed by atoms with van der Waals surface area (Å²) in [6.07, 6.45) is 0. The number of nitrogens with one attached hydrogen (secondary N) is 1. The molecule has 2 rings (SSSR count). The topological polar surface area (TPSA) is 52.0 Å². The molecule has 0 spiro atoms. The number of hydrogen-bond donors (Lipinski definition) is 1. The third-order valence-electron chi connectivity index (χ3n) is 3.09. The maximum Gasteiger partial charge on any atom is 0.119 e. The van der Waals surface area contributed by atoms with E-state index in [9.17, 15) is 0 Å². The normalized spacial score (nSPS) is 12.4. The standard InChI is InChI=1S/C13H18N4O/c1-9(14-3)13-10(2)17(16-15-13)11-5-7-12(18-4)8-6-11/h5-9,14H,1-4H3. The van der Waals surface area contributed by atoms with Gasteiger partial charge in [-0.25, -0.2) is 4.68 Å². The first kappa shape index (κ1) is 12.6. The van der Waals surface area contributed by atoms with Gasteiger partial charge in [-0.1, -0.05) is 5.21 Å². The van der Waals surface area contributed by atoms with Crippen molar-refractivity contribution >= 4 is 0 Å². The Kier molecular flexibility index (Phi) is 3.62. The minimum atomic E-state index is 0.192. The maximum absolute atomic E-state index is 5.14. The highest BCUT2D eigenvalue weighted by molar-refractivity contribution is 5.38. The molecule has 1 heterocycles. The minimum absolute atomic E-state index is 0.192. The Balaban J connectivity index is 2.36. The van der Waals surface area contributed by atoms with E-state index in [1.807, 2.05) is 42.9 Å². The van der Waals surface area contributed by atoms with Crippen LogP contribution in [0.5, 0.6) is 5.75 Å². The van der Waals surface area contributed by atoms with Crippen LogP contribution in [0.3, 0.4) is 0 Å². The zero-order chi connectivity index (χ0) is 13.1. The molecule has 1 aromatic carbocycles. The molecule has 0 aliphatic heterocycles. The Morgan fingerprint density at radius 1 is 1.28 bits per heavy atom. The molecular formula is C13H18N4O. The minimum Gasteiger partial charge on any atom is -0.497 e. The summed E-state index contributed by atoms with van der Waals surface area (Å²) < 4.78 is 6.98. The highest BCUT2D eigenvalue weighted by Crippen LogP contribution is 2.19. The van der Waals surface area contributed by atoms with Crippen LogP contribution in [-0.4, -0.2) is 29.2 Å². The van der Waals surface area contributed by atoms with Gasteiger partial charge in [-0.3, -0.25) is 0 Å². The molecule has 1 N–H and O–H groups in total. The molecular weight excluding hydrogens is 228 g/mol. The molecule has 18 heavy (non-hydrogen) atoms. The van der Waals surface area contributed by atoms with E-state index in [0.29, 0.717) is 0 Å². The van der Waals surface area contributed by atoms with E-state index in [0.717, 1.165) is 22.8 Å². The predicted octanol–water partition coefficient (Wildman–Crippen LogP) is 1.86. The van der Waals surface area contributed by atoms with Gasteiger partial charge in [0.25, 0.3) is 0 Å². The third-order valence-corrected chi connectivity index (χ3v) is 3.09. The lowest BCUT2D eigenvalue weighted by atomic mass is 10.2. The monoisotopic (exact) mass is 246 g/mol. The number of nitrogens with zero attached hydrogens (tertiary/aromatic N) is 3. The zero-order valence-corrected chi connectivity index (χ0v) is 11.1. The molecule has 5 nitrogen and oxygen atoms in total. The Morgan fingerprint density at radius 2 is 1.94 bits per heavy atom. The van der Waals surface area contributed by atoms with Gasteiger partial charge in [0.2, 0.25) is 0 Å². The lowest BCUT2D eigenvalue weighted by Crippen LogP contribution is -2.14. The fraction of sp³-hybridized carbons (Fsp3) is 0.385. The second kappa shape index (κ2) is 5.18. The lowest BCUT2D eigenvalue weighted by molar-refractivity contribution is 0.414. The maximum atomic E-state index is 5.14. The van der Waals surface area contributed by atoms with E-state index < -0.39 is 0 Å². The van der Waals surface area contributed by atoms with Crippen molar-refractivity contribution in [3.8, 4) is 11.4 Å². The van der Waals surface area contributed by atoms with Gasteiger partial charge in [0.05, 0.1) is 24.5 Å². The molecule has 96 valence electrons. The molecule has 0 amide bonds. The van der Waals surface area contributed by atoms with Crippen LogP contribution >= 0.6 is 0 Å². The highest BCUT2D eigenvalue weighted by atomic mass is 16.5. The van der Waals surface area contributed by atoms with E-state index in [4.69, 9.17) is 4.74 Å². The van der Waals surface area contributed by atoms with Crippen molar-refractivity contribution in [2.24, 2.45) is 0 Å². The predicted molar refractivity (Wildman–Crippen MR) is 70.1 cm³/mol. The van der Waals surface area contributed by atoms with Gasteiger partial charge in [-0.2, -0.15) is 0 Å². The van der Waals surface area contributed by atoms with Gasteiger partial charge in [-0.05, 0) is 45.2 Å². The highest BCUT2D eigenvalue weighted by Gasteiger charge is 2.14. The van der Waals surface area contributed by atoms with E-state index in [1.165, 1.54) is 0 Å².